The van der Waals surface area contributed by atoms with Crippen molar-refractivity contribution in [1.29, 1.82) is 0 Å². The molecule has 0 spiro atoms. The predicted octanol–water partition coefficient (Wildman–Crippen LogP) is 4.94. The van der Waals surface area contributed by atoms with Gasteiger partial charge in [0.25, 0.3) is 0 Å². The van der Waals surface area contributed by atoms with Crippen LogP contribution >= 0.6 is 0 Å². The Hall–Kier alpha value is -1.84. The van der Waals surface area contributed by atoms with E-state index in [9.17, 15) is 9.59 Å². The molecule has 0 radical (unpaired) electrons. The van der Waals surface area contributed by atoms with Crippen LogP contribution in [0.15, 0.2) is 18.2 Å². The van der Waals surface area contributed by atoms with Crippen molar-refractivity contribution in [2.45, 2.75) is 64.7 Å². The van der Waals surface area contributed by atoms with Crippen molar-refractivity contribution in [3.63, 3.8) is 0 Å². The van der Waals surface area contributed by atoms with E-state index < -0.39 is 11.9 Å². The molecule has 1 rings (SSSR count). The van der Waals surface area contributed by atoms with Crippen molar-refractivity contribution >= 4 is 11.9 Å². The standard InChI is InChI=1S/C20H30O4/c1-4-5-6-7-8-9-10-11-12-16-13-17(19(21)23-2)15-18(14-16)20(22)24-3/h13-15H,4-12H2,1-3H3. The fourth-order valence-corrected chi connectivity index (χ4v) is 2.77. The molecule has 0 aliphatic rings. The Morgan fingerprint density at radius 1 is 0.750 bits per heavy atom. The van der Waals surface area contributed by atoms with Gasteiger partial charge in [0.1, 0.15) is 0 Å². The quantitative estimate of drug-likeness (QED) is 0.425. The molecule has 1 aromatic rings. The Balaban J connectivity index is 2.54. The molecule has 0 unspecified atom stereocenters. The average Bonchev–Trinajstić information content (AvgIpc) is 2.62. The summed E-state index contributed by atoms with van der Waals surface area (Å²) in [5.41, 5.74) is 1.77. The Kier molecular flexibility index (Phi) is 9.81. The molecular formula is C20H30O4. The summed E-state index contributed by atoms with van der Waals surface area (Å²) in [5.74, 6) is -0.865. The van der Waals surface area contributed by atoms with E-state index in [1.165, 1.54) is 65.2 Å². The average molecular weight is 334 g/mol. The first-order valence-corrected chi connectivity index (χ1v) is 8.93. The molecule has 0 saturated carbocycles. The Bertz CT molecular complexity index is 488. The minimum atomic E-state index is -0.432. The van der Waals surface area contributed by atoms with E-state index in [4.69, 9.17) is 9.47 Å². The maximum atomic E-state index is 11.8. The fraction of sp³-hybridized carbons (Fsp3) is 0.600. The number of unbranched alkanes of at least 4 members (excludes halogenated alkanes) is 7. The van der Waals surface area contributed by atoms with Gasteiger partial charge < -0.3 is 9.47 Å². The number of benzene rings is 1. The Morgan fingerprint density at radius 3 is 1.67 bits per heavy atom. The van der Waals surface area contributed by atoms with E-state index in [1.54, 1.807) is 12.1 Å². The zero-order valence-electron chi connectivity index (χ0n) is 15.2. The lowest BCUT2D eigenvalue weighted by atomic mass is 10.00. The number of hydrogen-bond donors (Lipinski definition) is 0. The minimum absolute atomic E-state index is 0.398. The van der Waals surface area contributed by atoms with E-state index in [1.807, 2.05) is 0 Å². The van der Waals surface area contributed by atoms with Gasteiger partial charge in [-0.2, -0.15) is 0 Å². The number of esters is 2. The smallest absolute Gasteiger partial charge is 0.337 e. The van der Waals surface area contributed by atoms with Gasteiger partial charge in [-0.3, -0.25) is 0 Å². The molecule has 4 heteroatoms. The highest BCUT2D eigenvalue weighted by molar-refractivity contribution is 5.95. The number of carbonyl (C=O) groups is 2. The molecule has 1 aromatic carbocycles. The van der Waals surface area contributed by atoms with Crippen molar-refractivity contribution in [3.05, 3.63) is 34.9 Å². The summed E-state index contributed by atoms with van der Waals surface area (Å²) < 4.78 is 9.52. The third-order valence-corrected chi connectivity index (χ3v) is 4.15. The van der Waals surface area contributed by atoms with Gasteiger partial charge in [0.15, 0.2) is 0 Å². The van der Waals surface area contributed by atoms with Gasteiger partial charge in [-0.1, -0.05) is 51.9 Å². The van der Waals surface area contributed by atoms with Crippen LogP contribution in [-0.2, 0) is 15.9 Å². The van der Waals surface area contributed by atoms with Crippen LogP contribution in [0, 0.1) is 0 Å². The third kappa shape index (κ3) is 7.16. The highest BCUT2D eigenvalue weighted by Crippen LogP contribution is 2.16. The zero-order chi connectivity index (χ0) is 17.8. The molecule has 0 N–H and O–H groups in total. The summed E-state index contributed by atoms with van der Waals surface area (Å²) in [6.45, 7) is 2.23. The van der Waals surface area contributed by atoms with Gasteiger partial charge in [-0.05, 0) is 36.6 Å². The van der Waals surface area contributed by atoms with E-state index in [-0.39, 0.29) is 0 Å². The highest BCUT2D eigenvalue weighted by Gasteiger charge is 2.13. The van der Waals surface area contributed by atoms with Gasteiger partial charge in [-0.15, -0.1) is 0 Å². The maximum absolute atomic E-state index is 11.8. The number of carbonyl (C=O) groups excluding carboxylic acids is 2. The minimum Gasteiger partial charge on any atom is -0.465 e. The van der Waals surface area contributed by atoms with E-state index in [2.05, 4.69) is 6.92 Å². The molecule has 0 atom stereocenters. The van der Waals surface area contributed by atoms with E-state index in [0.29, 0.717) is 11.1 Å². The predicted molar refractivity (Wildman–Crippen MR) is 95.4 cm³/mol. The second kappa shape index (κ2) is 11.7. The summed E-state index contributed by atoms with van der Waals surface area (Å²) in [6, 6.07) is 5.13. The summed E-state index contributed by atoms with van der Waals surface area (Å²) in [7, 11) is 2.68. The second-order valence-corrected chi connectivity index (χ2v) is 6.13. The zero-order valence-corrected chi connectivity index (χ0v) is 15.2. The van der Waals surface area contributed by atoms with Crippen molar-refractivity contribution in [2.24, 2.45) is 0 Å². The normalized spacial score (nSPS) is 10.5. The highest BCUT2D eigenvalue weighted by atomic mass is 16.5. The number of rotatable bonds is 11. The number of hydrogen-bond acceptors (Lipinski definition) is 4. The molecular weight excluding hydrogens is 304 g/mol. The van der Waals surface area contributed by atoms with Gasteiger partial charge in [0.05, 0.1) is 25.3 Å². The molecule has 4 nitrogen and oxygen atoms in total. The third-order valence-electron chi connectivity index (χ3n) is 4.15. The molecule has 24 heavy (non-hydrogen) atoms. The molecule has 0 aromatic heterocycles. The van der Waals surface area contributed by atoms with Gasteiger partial charge in [0.2, 0.25) is 0 Å². The molecule has 0 amide bonds. The largest absolute Gasteiger partial charge is 0.465 e. The summed E-state index contributed by atoms with van der Waals surface area (Å²) in [5, 5.41) is 0. The lowest BCUT2D eigenvalue weighted by molar-refractivity contribution is 0.0599. The van der Waals surface area contributed by atoms with Crippen molar-refractivity contribution < 1.29 is 19.1 Å². The van der Waals surface area contributed by atoms with Crippen LogP contribution in [0.4, 0.5) is 0 Å². The van der Waals surface area contributed by atoms with Crippen LogP contribution in [0.2, 0.25) is 0 Å². The molecule has 0 aliphatic carbocycles. The first-order chi connectivity index (χ1) is 11.6. The maximum Gasteiger partial charge on any atom is 0.337 e. The van der Waals surface area contributed by atoms with Gasteiger partial charge in [-0.25, -0.2) is 9.59 Å². The van der Waals surface area contributed by atoms with Crippen molar-refractivity contribution in [1.82, 2.24) is 0 Å². The number of methoxy groups -OCH3 is 2. The van der Waals surface area contributed by atoms with Crippen LogP contribution in [0.25, 0.3) is 0 Å². The first-order valence-electron chi connectivity index (χ1n) is 8.93. The summed E-state index contributed by atoms with van der Waals surface area (Å²) in [4.78, 5) is 23.5. The molecule has 134 valence electrons. The SMILES string of the molecule is CCCCCCCCCCc1cc(C(=O)OC)cc(C(=O)OC)c1. The van der Waals surface area contributed by atoms with E-state index in [0.717, 1.165) is 18.4 Å². The molecule has 0 fully saturated rings. The topological polar surface area (TPSA) is 52.6 Å². The molecule has 0 heterocycles. The van der Waals surface area contributed by atoms with Crippen molar-refractivity contribution in [2.75, 3.05) is 14.2 Å². The van der Waals surface area contributed by atoms with Gasteiger partial charge >= 0.3 is 11.9 Å². The molecule has 0 saturated heterocycles. The van der Waals surface area contributed by atoms with Crippen LogP contribution in [0.3, 0.4) is 0 Å². The monoisotopic (exact) mass is 334 g/mol. The summed E-state index contributed by atoms with van der Waals surface area (Å²) in [6.07, 6.45) is 10.9. The number of aryl methyl sites for hydroxylation is 1. The number of ether oxygens (including phenoxy) is 2. The Labute approximate surface area is 145 Å². The van der Waals surface area contributed by atoms with Crippen molar-refractivity contribution in [3.8, 4) is 0 Å². The second-order valence-electron chi connectivity index (χ2n) is 6.13. The molecule has 0 aliphatic heterocycles. The first kappa shape index (κ1) is 20.2. The van der Waals surface area contributed by atoms with E-state index >= 15 is 0 Å². The Morgan fingerprint density at radius 2 is 1.21 bits per heavy atom. The lowest BCUT2D eigenvalue weighted by Gasteiger charge is -2.08. The van der Waals surface area contributed by atoms with Crippen LogP contribution in [-0.4, -0.2) is 26.2 Å². The van der Waals surface area contributed by atoms with Crippen LogP contribution in [0.1, 0.15) is 84.6 Å². The van der Waals surface area contributed by atoms with Crippen LogP contribution in [0.5, 0.6) is 0 Å². The summed E-state index contributed by atoms with van der Waals surface area (Å²) >= 11 is 0. The van der Waals surface area contributed by atoms with Gasteiger partial charge in [0, 0.05) is 0 Å². The van der Waals surface area contributed by atoms with Crippen LogP contribution < -0.4 is 0 Å². The fourth-order valence-electron chi connectivity index (χ4n) is 2.77. The molecule has 0 bridgehead atoms. The lowest BCUT2D eigenvalue weighted by Crippen LogP contribution is -2.08.